The SMILES string of the molecule is C/C=C/C[C@@H](C)[C@@H](O)[C@H]1C(=O)N[C@@H](CC)C(=O)N(C)[C@H](C)C(=O)N(C)[C@@H](CC(C)(C)OCCN(C)C)C(=O)N[C@@H](C(C)C)C(=O)N(C)[C@@H](CC(C)C)C(=O)N[C@@H](C)C(=O)N[C@H](C)C(=O)N(C)[C@@H](CC(C)C)C(=O)N(C)[C@@H](CC(C)C)C(=O)N(C)[C@@H](C(C)C)C(=O)N1C. The minimum Gasteiger partial charge on any atom is -0.390 e. The highest BCUT2D eigenvalue weighted by Crippen LogP contribution is 2.27. The van der Waals surface area contributed by atoms with Gasteiger partial charge < -0.3 is 70.3 Å². The van der Waals surface area contributed by atoms with Crippen LogP contribution in [0.1, 0.15) is 163 Å². The lowest BCUT2D eigenvalue weighted by atomic mass is 9.91. The molecule has 0 aromatic heterocycles. The van der Waals surface area contributed by atoms with Gasteiger partial charge >= 0.3 is 0 Å². The van der Waals surface area contributed by atoms with E-state index in [0.717, 1.165) is 9.80 Å². The van der Waals surface area contributed by atoms with Gasteiger partial charge in [-0.25, -0.2) is 0 Å². The Balaban J connectivity index is 4.47. The van der Waals surface area contributed by atoms with E-state index in [-0.39, 0.29) is 56.5 Å². The van der Waals surface area contributed by atoms with E-state index in [0.29, 0.717) is 13.0 Å². The van der Waals surface area contributed by atoms with Crippen LogP contribution in [-0.4, -0.2) is 264 Å². The van der Waals surface area contributed by atoms with E-state index < -0.39 is 161 Å². The first-order valence-electron chi connectivity index (χ1n) is 33.0. The third-order valence-electron chi connectivity index (χ3n) is 17.6. The maximum atomic E-state index is 15.3. The van der Waals surface area contributed by atoms with Crippen LogP contribution >= 0.6 is 0 Å². The summed E-state index contributed by atoms with van der Waals surface area (Å²) in [6, 6.07) is -14.1. The van der Waals surface area contributed by atoms with Gasteiger partial charge in [-0.2, -0.15) is 0 Å². The number of carbonyl (C=O) groups is 11. The second kappa shape index (κ2) is 37.6. The molecule has 92 heavy (non-hydrogen) atoms. The molecular weight excluding hydrogens is 1180 g/mol. The summed E-state index contributed by atoms with van der Waals surface area (Å²) in [7, 11) is 13.7. The molecule has 0 spiro atoms. The van der Waals surface area contributed by atoms with Crippen LogP contribution in [0, 0.1) is 35.5 Å². The first kappa shape index (κ1) is 83.8. The molecule has 5 N–H and O–H groups in total. The minimum atomic E-state index is -1.64. The summed E-state index contributed by atoms with van der Waals surface area (Å²) in [5, 5.41) is 23.3. The van der Waals surface area contributed by atoms with Crippen molar-refractivity contribution in [1.29, 1.82) is 0 Å². The maximum Gasteiger partial charge on any atom is 0.246 e. The number of rotatable bonds is 19. The number of nitrogens with one attached hydrogen (secondary N) is 4. The number of aliphatic hydroxyl groups is 1. The summed E-state index contributed by atoms with van der Waals surface area (Å²) in [5.41, 5.74) is -1.05. The summed E-state index contributed by atoms with van der Waals surface area (Å²) >= 11 is 0. The van der Waals surface area contributed by atoms with Crippen LogP contribution in [0.2, 0.25) is 0 Å². The van der Waals surface area contributed by atoms with Gasteiger partial charge in [0.05, 0.1) is 18.3 Å². The molecule has 25 heteroatoms. The van der Waals surface area contributed by atoms with Gasteiger partial charge in [-0.15, -0.1) is 0 Å². The Hall–Kier alpha value is -6.21. The number of aliphatic hydroxyl groups excluding tert-OH is 1. The monoisotopic (exact) mass is 1300 g/mol. The van der Waals surface area contributed by atoms with Crippen molar-refractivity contribution in [2.45, 2.75) is 241 Å². The molecule has 1 heterocycles. The van der Waals surface area contributed by atoms with Crippen LogP contribution in [0.15, 0.2) is 12.2 Å². The number of hydrogen-bond acceptors (Lipinski definition) is 14. The van der Waals surface area contributed by atoms with Gasteiger partial charge in [0.25, 0.3) is 0 Å². The summed E-state index contributed by atoms with van der Waals surface area (Å²) in [5.74, 6) is -9.97. The summed E-state index contributed by atoms with van der Waals surface area (Å²) < 4.78 is 6.30. The van der Waals surface area contributed by atoms with Crippen molar-refractivity contribution in [2.75, 3.05) is 76.6 Å². The normalized spacial score (nSPS) is 26.8. The first-order chi connectivity index (χ1) is 42.3. The van der Waals surface area contributed by atoms with Crippen LogP contribution in [0.25, 0.3) is 0 Å². The molecule has 0 unspecified atom stereocenters. The molecule has 1 fully saturated rings. The van der Waals surface area contributed by atoms with Crippen LogP contribution in [-0.2, 0) is 57.5 Å². The minimum absolute atomic E-state index is 0.00704. The third kappa shape index (κ3) is 23.7. The van der Waals surface area contributed by atoms with Gasteiger partial charge in [-0.1, -0.05) is 95.2 Å². The fourth-order valence-electron chi connectivity index (χ4n) is 11.4. The standard InChI is InChI=1S/C67H122N12O13/c1-28-30-31-43(13)55(80)54-59(84)70-47(29-2)62(87)73(21)46(16)61(86)77(25)51(37-67(17,18)92-33-32-72(19)20)58(83)71-52(41(9)10)65(90)74(22)48(34-38(3)4)57(82)68-44(14)56(81)69-45(15)60(85)75(23)49(35-39(5)6)63(88)76(24)50(36-40(7)8)64(89)78(26)53(42(11)12)66(91)79(54)27/h28,30,38-55,80H,29,31-37H2,1-27H3,(H,68,82)(H,69,81)(H,70,84)(H,71,83)/b30-28+/t43-,44+,45-,46-,47+,48+,49+,50+,51+,52+,53+,54+,55-/m1/s1. The molecule has 13 atom stereocenters. The summed E-state index contributed by atoms with van der Waals surface area (Å²) in [4.78, 5) is 173. The van der Waals surface area contributed by atoms with Gasteiger partial charge in [0.15, 0.2) is 0 Å². The van der Waals surface area contributed by atoms with Crippen LogP contribution in [0.3, 0.4) is 0 Å². The quantitative estimate of drug-likeness (QED) is 0.116. The van der Waals surface area contributed by atoms with Crippen LogP contribution in [0.5, 0.6) is 0 Å². The molecule has 0 saturated carbocycles. The number of amides is 11. The fourth-order valence-corrected chi connectivity index (χ4v) is 11.4. The second-order valence-corrected chi connectivity index (χ2v) is 28.5. The Morgan fingerprint density at radius 2 is 0.957 bits per heavy atom. The Bertz CT molecular complexity index is 2520. The lowest BCUT2D eigenvalue weighted by molar-refractivity contribution is -0.157. The first-order valence-corrected chi connectivity index (χ1v) is 33.0. The smallest absolute Gasteiger partial charge is 0.246 e. The lowest BCUT2D eigenvalue weighted by Crippen LogP contribution is -2.64. The Morgan fingerprint density at radius 1 is 0.511 bits per heavy atom. The number of carbonyl (C=O) groups excluding carboxylic acids is 11. The predicted octanol–water partition coefficient (Wildman–Crippen LogP) is 3.36. The van der Waals surface area contributed by atoms with E-state index in [9.17, 15) is 33.9 Å². The molecule has 11 amide bonds. The zero-order valence-corrected chi connectivity index (χ0v) is 61.1. The highest BCUT2D eigenvalue weighted by atomic mass is 16.5. The maximum absolute atomic E-state index is 15.3. The highest BCUT2D eigenvalue weighted by molar-refractivity contribution is 6.00. The number of allylic oxidation sites excluding steroid dienone is 2. The zero-order chi connectivity index (χ0) is 71.5. The average molecular weight is 1300 g/mol. The van der Waals surface area contributed by atoms with Crippen LogP contribution < -0.4 is 21.3 Å². The van der Waals surface area contributed by atoms with Crippen molar-refractivity contribution in [1.82, 2.24) is 60.5 Å². The van der Waals surface area contributed by atoms with Gasteiger partial charge in [-0.05, 0) is 123 Å². The van der Waals surface area contributed by atoms with Gasteiger partial charge in [-0.3, -0.25) is 52.7 Å². The van der Waals surface area contributed by atoms with Gasteiger partial charge in [0, 0.05) is 62.3 Å². The van der Waals surface area contributed by atoms with Crippen LogP contribution in [0.4, 0.5) is 0 Å². The Kier molecular flexibility index (Phi) is 34.3. The number of hydrogen-bond donors (Lipinski definition) is 5. The lowest BCUT2D eigenvalue weighted by Gasteiger charge is -2.41. The number of ether oxygens (including phenoxy) is 1. The van der Waals surface area contributed by atoms with Crippen molar-refractivity contribution in [3.05, 3.63) is 12.2 Å². The van der Waals surface area contributed by atoms with Crippen molar-refractivity contribution in [2.24, 2.45) is 35.5 Å². The van der Waals surface area contributed by atoms with E-state index in [1.165, 1.54) is 94.6 Å². The molecule has 1 aliphatic rings. The highest BCUT2D eigenvalue weighted by Gasteiger charge is 2.46. The van der Waals surface area contributed by atoms with E-state index >= 15 is 24.0 Å². The van der Waals surface area contributed by atoms with E-state index in [1.54, 1.807) is 74.5 Å². The van der Waals surface area contributed by atoms with Crippen molar-refractivity contribution in [3.63, 3.8) is 0 Å². The average Bonchev–Trinajstić information content (AvgIpc) is 0.814. The molecule has 1 aliphatic heterocycles. The fraction of sp³-hybridized carbons (Fsp3) is 0.806. The molecule has 0 radical (unpaired) electrons. The van der Waals surface area contributed by atoms with Crippen molar-refractivity contribution in [3.8, 4) is 0 Å². The van der Waals surface area contributed by atoms with Crippen molar-refractivity contribution >= 4 is 65.0 Å². The van der Waals surface area contributed by atoms with Crippen molar-refractivity contribution < 1.29 is 62.6 Å². The topological polar surface area (TPSA) is 291 Å². The largest absolute Gasteiger partial charge is 0.390 e. The van der Waals surface area contributed by atoms with E-state index in [1.807, 2.05) is 60.5 Å². The molecular formula is C67H122N12O13. The molecule has 0 aromatic carbocycles. The molecule has 528 valence electrons. The second-order valence-electron chi connectivity index (χ2n) is 28.5. The van der Waals surface area contributed by atoms with E-state index in [2.05, 4.69) is 21.3 Å². The zero-order valence-electron chi connectivity index (χ0n) is 61.1. The molecule has 0 bridgehead atoms. The predicted molar refractivity (Wildman–Crippen MR) is 357 cm³/mol. The molecule has 1 rings (SSSR count). The van der Waals surface area contributed by atoms with Gasteiger partial charge in [0.1, 0.15) is 66.5 Å². The van der Waals surface area contributed by atoms with E-state index in [4.69, 9.17) is 4.74 Å². The van der Waals surface area contributed by atoms with Gasteiger partial charge in [0.2, 0.25) is 65.0 Å². The number of likely N-dealkylation sites (N-methyl/N-ethyl adjacent to an activating group) is 8. The summed E-state index contributed by atoms with van der Waals surface area (Å²) in [6.07, 6.45) is 2.69. The third-order valence-corrected chi connectivity index (χ3v) is 17.6. The molecule has 25 nitrogen and oxygen atoms in total. The summed E-state index contributed by atoms with van der Waals surface area (Å²) in [6.45, 7) is 31.9. The molecule has 0 aliphatic carbocycles. The number of nitrogens with zero attached hydrogens (tertiary/aromatic N) is 8. The Morgan fingerprint density at radius 3 is 1.42 bits per heavy atom. The molecule has 1 saturated heterocycles. The Labute approximate surface area is 551 Å². The molecule has 0 aromatic rings.